The van der Waals surface area contributed by atoms with Gasteiger partial charge in [-0.1, -0.05) is 78.1 Å². The highest BCUT2D eigenvalue weighted by atomic mass is 32.2. The molecule has 2 nitrogen and oxygen atoms in total. The van der Waals surface area contributed by atoms with Gasteiger partial charge in [-0.05, 0) is 61.4 Å². The standard InChI is InChI=1S/C26H21NOS3/c1-18-23(27-31-22-16-10-5-11-17-22)19(2)26(30-21-14-8-4-9-15-21)24(28)25(18)29-20-12-6-3-7-13-20/h3-17H,1-2H3. The first-order valence-electron chi connectivity index (χ1n) is 9.86. The van der Waals surface area contributed by atoms with Gasteiger partial charge in [0.25, 0.3) is 0 Å². The van der Waals surface area contributed by atoms with Crippen LogP contribution < -0.4 is 0 Å². The topological polar surface area (TPSA) is 29.4 Å². The van der Waals surface area contributed by atoms with E-state index < -0.39 is 0 Å². The van der Waals surface area contributed by atoms with Crippen LogP contribution in [0.1, 0.15) is 13.8 Å². The first-order valence-corrected chi connectivity index (χ1v) is 12.3. The van der Waals surface area contributed by atoms with Crippen LogP contribution >= 0.6 is 35.5 Å². The maximum absolute atomic E-state index is 13.6. The molecule has 3 aromatic carbocycles. The quantitative estimate of drug-likeness (QED) is 0.277. The number of Topliss-reactive ketones (excluding diaryl/α,β-unsaturated/α-hetero) is 1. The van der Waals surface area contributed by atoms with Crippen molar-refractivity contribution in [2.24, 2.45) is 4.40 Å². The summed E-state index contributed by atoms with van der Waals surface area (Å²) in [5, 5.41) is 0. The Hall–Kier alpha value is -2.47. The summed E-state index contributed by atoms with van der Waals surface area (Å²) in [6, 6.07) is 30.2. The zero-order chi connectivity index (χ0) is 21.6. The van der Waals surface area contributed by atoms with Crippen LogP contribution in [-0.2, 0) is 4.79 Å². The second-order valence-corrected chi connectivity index (χ2v) is 9.92. The summed E-state index contributed by atoms with van der Waals surface area (Å²) in [4.78, 5) is 18.2. The molecule has 3 aromatic rings. The lowest BCUT2D eigenvalue weighted by Gasteiger charge is -2.22. The second-order valence-electron chi connectivity index (χ2n) is 6.91. The molecule has 154 valence electrons. The molecule has 0 saturated heterocycles. The molecule has 31 heavy (non-hydrogen) atoms. The molecule has 0 N–H and O–H groups in total. The molecule has 0 amide bonds. The summed E-state index contributed by atoms with van der Waals surface area (Å²) in [5.41, 5.74) is 2.74. The van der Waals surface area contributed by atoms with Crippen LogP contribution in [0.3, 0.4) is 0 Å². The first kappa shape index (κ1) is 21.8. The van der Waals surface area contributed by atoms with Crippen molar-refractivity contribution in [2.75, 3.05) is 0 Å². The fourth-order valence-electron chi connectivity index (χ4n) is 3.12. The largest absolute Gasteiger partial charge is 0.287 e. The minimum atomic E-state index is 0.0707. The summed E-state index contributed by atoms with van der Waals surface area (Å²) >= 11 is 4.47. The number of hydrogen-bond donors (Lipinski definition) is 0. The van der Waals surface area contributed by atoms with Gasteiger partial charge in [-0.25, -0.2) is 4.40 Å². The Morgan fingerprint density at radius 1 is 0.581 bits per heavy atom. The normalized spacial score (nSPS) is 14.3. The summed E-state index contributed by atoms with van der Waals surface area (Å²) in [6.45, 7) is 4.00. The van der Waals surface area contributed by atoms with E-state index in [9.17, 15) is 4.79 Å². The van der Waals surface area contributed by atoms with Crippen molar-refractivity contribution >= 4 is 47.0 Å². The minimum Gasteiger partial charge on any atom is -0.287 e. The predicted molar refractivity (Wildman–Crippen MR) is 135 cm³/mol. The van der Waals surface area contributed by atoms with E-state index in [1.807, 2.05) is 105 Å². The number of thioether (sulfide) groups is 2. The third-order valence-electron chi connectivity index (χ3n) is 4.72. The lowest BCUT2D eigenvalue weighted by molar-refractivity contribution is -0.111. The molecule has 0 unspecified atom stereocenters. The van der Waals surface area contributed by atoms with E-state index in [4.69, 9.17) is 4.40 Å². The van der Waals surface area contributed by atoms with E-state index in [1.165, 1.54) is 35.5 Å². The molecule has 0 saturated carbocycles. The first-order chi connectivity index (χ1) is 15.1. The van der Waals surface area contributed by atoms with Gasteiger partial charge < -0.3 is 0 Å². The highest BCUT2D eigenvalue weighted by Gasteiger charge is 2.30. The zero-order valence-corrected chi connectivity index (χ0v) is 19.7. The molecule has 0 aromatic heterocycles. The highest BCUT2D eigenvalue weighted by Crippen LogP contribution is 2.42. The molecule has 0 spiro atoms. The van der Waals surface area contributed by atoms with E-state index in [2.05, 4.69) is 0 Å². The number of carbonyl (C=O) groups is 1. The smallest absolute Gasteiger partial charge is 0.207 e. The monoisotopic (exact) mass is 459 g/mol. The van der Waals surface area contributed by atoms with Gasteiger partial charge in [-0.15, -0.1) is 0 Å². The fourth-order valence-corrected chi connectivity index (χ4v) is 5.88. The Morgan fingerprint density at radius 2 is 0.968 bits per heavy atom. The molecule has 1 aliphatic rings. The summed E-state index contributed by atoms with van der Waals surface area (Å²) in [7, 11) is 0. The van der Waals surface area contributed by atoms with Crippen molar-refractivity contribution in [1.82, 2.24) is 0 Å². The molecule has 0 heterocycles. The molecule has 0 fully saturated rings. The number of rotatable bonds is 6. The molecule has 0 atom stereocenters. The Morgan fingerprint density at radius 3 is 1.39 bits per heavy atom. The van der Waals surface area contributed by atoms with Crippen LogP contribution in [0, 0.1) is 0 Å². The molecule has 4 rings (SSSR count). The van der Waals surface area contributed by atoms with E-state index in [0.29, 0.717) is 0 Å². The summed E-state index contributed by atoms with van der Waals surface area (Å²) < 4.78 is 4.87. The Balaban J connectivity index is 1.74. The number of benzene rings is 3. The lowest BCUT2D eigenvalue weighted by Crippen LogP contribution is -2.19. The van der Waals surface area contributed by atoms with Crippen LogP contribution in [-0.4, -0.2) is 11.5 Å². The average Bonchev–Trinajstić information content (AvgIpc) is 2.81. The second kappa shape index (κ2) is 10.2. The van der Waals surface area contributed by atoms with Gasteiger partial charge in [-0.2, -0.15) is 0 Å². The summed E-state index contributed by atoms with van der Waals surface area (Å²) in [6.07, 6.45) is 0. The lowest BCUT2D eigenvalue weighted by atomic mass is 9.97. The molecule has 0 radical (unpaired) electrons. The van der Waals surface area contributed by atoms with E-state index in [0.717, 1.165) is 41.4 Å². The van der Waals surface area contributed by atoms with E-state index in [-0.39, 0.29) is 5.78 Å². The Bertz CT molecular complexity index is 1100. The van der Waals surface area contributed by atoms with Crippen LogP contribution in [0.2, 0.25) is 0 Å². The minimum absolute atomic E-state index is 0.0707. The van der Waals surface area contributed by atoms with Crippen molar-refractivity contribution in [2.45, 2.75) is 28.5 Å². The highest BCUT2D eigenvalue weighted by molar-refractivity contribution is 8.06. The third-order valence-corrected chi connectivity index (χ3v) is 7.88. The molecule has 0 bridgehead atoms. The summed E-state index contributed by atoms with van der Waals surface area (Å²) in [5.74, 6) is 0.0707. The van der Waals surface area contributed by atoms with Crippen molar-refractivity contribution < 1.29 is 4.79 Å². The van der Waals surface area contributed by atoms with Gasteiger partial charge in [0, 0.05) is 26.6 Å². The van der Waals surface area contributed by atoms with Gasteiger partial charge in [0.1, 0.15) is 0 Å². The van der Waals surface area contributed by atoms with Gasteiger partial charge >= 0.3 is 0 Å². The van der Waals surface area contributed by atoms with Crippen molar-refractivity contribution in [3.8, 4) is 0 Å². The van der Waals surface area contributed by atoms with Gasteiger partial charge in [0.15, 0.2) is 0 Å². The van der Waals surface area contributed by atoms with Crippen molar-refractivity contribution in [3.63, 3.8) is 0 Å². The molecule has 5 heteroatoms. The number of allylic oxidation sites excluding steroid dienone is 4. The van der Waals surface area contributed by atoms with Crippen molar-refractivity contribution in [1.29, 1.82) is 0 Å². The molecular formula is C26H21NOS3. The molecular weight excluding hydrogens is 438 g/mol. The van der Waals surface area contributed by atoms with E-state index >= 15 is 0 Å². The average molecular weight is 460 g/mol. The van der Waals surface area contributed by atoms with Gasteiger partial charge in [0.05, 0.1) is 15.5 Å². The SMILES string of the molecule is CC1=C(Sc2ccccc2)C(=O)C(Sc2ccccc2)=C(C)C1=NSc1ccccc1. The van der Waals surface area contributed by atoms with Crippen LogP contribution in [0.5, 0.6) is 0 Å². The number of hydrogen-bond acceptors (Lipinski definition) is 5. The Kier molecular flexibility index (Phi) is 7.17. The van der Waals surface area contributed by atoms with Crippen molar-refractivity contribution in [3.05, 3.63) is 112 Å². The molecule has 0 aliphatic heterocycles. The maximum atomic E-state index is 13.6. The zero-order valence-electron chi connectivity index (χ0n) is 17.2. The van der Waals surface area contributed by atoms with Gasteiger partial charge in [0.2, 0.25) is 5.78 Å². The van der Waals surface area contributed by atoms with E-state index in [1.54, 1.807) is 0 Å². The maximum Gasteiger partial charge on any atom is 0.207 e. The predicted octanol–water partition coefficient (Wildman–Crippen LogP) is 7.85. The number of ketones is 1. The van der Waals surface area contributed by atoms with Crippen LogP contribution in [0.4, 0.5) is 0 Å². The Labute approximate surface area is 196 Å². The van der Waals surface area contributed by atoms with Gasteiger partial charge in [-0.3, -0.25) is 4.79 Å². The van der Waals surface area contributed by atoms with Crippen LogP contribution in [0.15, 0.2) is 131 Å². The third kappa shape index (κ3) is 5.24. The molecule has 1 aliphatic carbocycles. The fraction of sp³-hybridized carbons (Fsp3) is 0.0769. The number of carbonyl (C=O) groups excluding carboxylic acids is 1. The van der Waals surface area contributed by atoms with Crippen LogP contribution in [0.25, 0.3) is 0 Å². The number of nitrogens with zero attached hydrogens (tertiary/aromatic N) is 1.